The minimum atomic E-state index is -0.0166. The molecule has 0 saturated heterocycles. The van der Waals surface area contributed by atoms with Crippen molar-refractivity contribution in [3.05, 3.63) is 134 Å². The van der Waals surface area contributed by atoms with Crippen LogP contribution in [0.1, 0.15) is 50.7 Å². The number of rotatable bonds is 8. The van der Waals surface area contributed by atoms with Gasteiger partial charge >= 0.3 is 0 Å². The summed E-state index contributed by atoms with van der Waals surface area (Å²) in [5.41, 5.74) is 7.06. The molecule has 0 aliphatic carbocycles. The van der Waals surface area contributed by atoms with Crippen LogP contribution in [0.3, 0.4) is 0 Å². The average molecular weight is 578 g/mol. The molecule has 1 aliphatic rings. The number of nitrogens with zero attached hydrogens (tertiary/aromatic N) is 3. The molecule has 0 N–H and O–H groups in total. The number of carbonyl (C=O) groups excluding carboxylic acids is 1. The number of ether oxygens (including phenoxy) is 1. The Labute approximate surface area is 247 Å². The van der Waals surface area contributed by atoms with Crippen LogP contribution in [0.4, 0.5) is 0 Å². The number of carbonyl (C=O) groups is 1. The van der Waals surface area contributed by atoms with Gasteiger partial charge < -0.3 is 9.30 Å². The van der Waals surface area contributed by atoms with Crippen LogP contribution in [0.2, 0.25) is 5.02 Å². The van der Waals surface area contributed by atoms with Crippen LogP contribution in [0.25, 0.3) is 16.8 Å². The lowest BCUT2D eigenvalue weighted by Crippen LogP contribution is -2.09. The van der Waals surface area contributed by atoms with Gasteiger partial charge in [0.05, 0.1) is 4.88 Å². The summed E-state index contributed by atoms with van der Waals surface area (Å²) in [6.07, 6.45) is 3.74. The van der Waals surface area contributed by atoms with E-state index in [4.69, 9.17) is 21.4 Å². The van der Waals surface area contributed by atoms with Crippen LogP contribution < -0.4 is 4.74 Å². The summed E-state index contributed by atoms with van der Waals surface area (Å²) in [4.78, 5) is 14.7. The molecule has 0 saturated carbocycles. The van der Waals surface area contributed by atoms with Crippen molar-refractivity contribution in [3.63, 3.8) is 0 Å². The maximum atomic E-state index is 14.0. The highest BCUT2D eigenvalue weighted by molar-refractivity contribution is 7.12. The van der Waals surface area contributed by atoms with Gasteiger partial charge in [0.15, 0.2) is 5.82 Å². The smallest absolute Gasteiger partial charge is 0.222 e. The second-order valence-electron chi connectivity index (χ2n) is 10.3. The van der Waals surface area contributed by atoms with Gasteiger partial charge in [0, 0.05) is 29.1 Å². The van der Waals surface area contributed by atoms with Gasteiger partial charge in [-0.2, -0.15) is 0 Å². The lowest BCUT2D eigenvalue weighted by molar-refractivity contribution is 0.103. The van der Waals surface area contributed by atoms with Gasteiger partial charge in [-0.3, -0.25) is 4.79 Å². The van der Waals surface area contributed by atoms with Crippen LogP contribution in [0, 0.1) is 0 Å². The molecule has 5 nitrogen and oxygen atoms in total. The number of hydrogen-bond acceptors (Lipinski definition) is 4. The normalized spacial score (nSPS) is 12.9. The Bertz CT molecular complexity index is 1840. The average Bonchev–Trinajstić information content (AvgIpc) is 3.68. The maximum Gasteiger partial charge on any atom is 0.222 e. The summed E-state index contributed by atoms with van der Waals surface area (Å²) in [6, 6.07) is 30.2. The summed E-state index contributed by atoms with van der Waals surface area (Å²) in [5, 5.41) is 7.67. The molecule has 0 unspecified atom stereocenters. The molecule has 41 heavy (non-hydrogen) atoms. The van der Waals surface area contributed by atoms with Gasteiger partial charge in [0.25, 0.3) is 0 Å². The standard InChI is InChI=1S/C34H28ClN3O2S/c35-26-17-15-24(16-18-26)31-27-12-6-7-19-37-30(36-38(34(27)37)32(31)33(39)29-14-8-20-41-29)22-40-28-13-5-4-11-25(28)21-23-9-2-1-3-10-23/h1-5,8-11,13-18,20H,6-7,12,19,21-22H2. The number of aryl methyl sites for hydroxylation is 2. The quantitative estimate of drug-likeness (QED) is 0.171. The number of ketones is 1. The molecule has 0 fully saturated rings. The Morgan fingerprint density at radius 3 is 2.54 bits per heavy atom. The van der Waals surface area contributed by atoms with Crippen molar-refractivity contribution in [1.82, 2.24) is 14.2 Å². The fourth-order valence-electron chi connectivity index (χ4n) is 5.82. The minimum Gasteiger partial charge on any atom is -0.485 e. The van der Waals surface area contributed by atoms with E-state index in [-0.39, 0.29) is 5.78 Å². The van der Waals surface area contributed by atoms with Crippen molar-refractivity contribution in [2.24, 2.45) is 0 Å². The number of hydrogen-bond donors (Lipinski definition) is 0. The van der Waals surface area contributed by atoms with E-state index in [0.29, 0.717) is 22.2 Å². The molecule has 0 atom stereocenters. The molecule has 1 aliphatic heterocycles. The Balaban J connectivity index is 1.32. The van der Waals surface area contributed by atoms with Crippen LogP contribution in [0.15, 0.2) is 96.4 Å². The number of aromatic nitrogens is 3. The van der Waals surface area contributed by atoms with Gasteiger partial charge in [-0.15, -0.1) is 16.4 Å². The largest absolute Gasteiger partial charge is 0.485 e. The molecule has 3 aromatic heterocycles. The zero-order valence-corrected chi connectivity index (χ0v) is 24.0. The fraction of sp³-hybridized carbons (Fsp3) is 0.176. The molecule has 4 heterocycles. The van der Waals surface area contributed by atoms with E-state index in [1.54, 1.807) is 0 Å². The van der Waals surface area contributed by atoms with E-state index in [2.05, 4.69) is 34.9 Å². The van der Waals surface area contributed by atoms with Crippen molar-refractivity contribution in [1.29, 1.82) is 0 Å². The SMILES string of the molecule is O=C(c1cccs1)c1c(-c2ccc(Cl)cc2)c2c3n(c(COc4ccccc4Cc4ccccc4)nn13)CCCC2. The molecular formula is C34H28ClN3O2S. The molecule has 7 rings (SSSR count). The second kappa shape index (κ2) is 11.0. The predicted molar refractivity (Wildman–Crippen MR) is 164 cm³/mol. The van der Waals surface area contributed by atoms with Crippen LogP contribution in [0.5, 0.6) is 5.75 Å². The fourth-order valence-corrected chi connectivity index (χ4v) is 6.61. The third-order valence-electron chi connectivity index (χ3n) is 7.72. The molecule has 6 aromatic rings. The first-order valence-electron chi connectivity index (χ1n) is 13.9. The number of halogens is 1. The molecule has 0 spiro atoms. The molecule has 0 bridgehead atoms. The highest BCUT2D eigenvalue weighted by Gasteiger charge is 2.31. The maximum absolute atomic E-state index is 14.0. The zero-order valence-electron chi connectivity index (χ0n) is 22.4. The van der Waals surface area contributed by atoms with Crippen LogP contribution in [-0.4, -0.2) is 20.0 Å². The molecule has 0 radical (unpaired) electrons. The van der Waals surface area contributed by atoms with E-state index in [1.807, 2.05) is 70.6 Å². The van der Waals surface area contributed by atoms with E-state index < -0.39 is 0 Å². The van der Waals surface area contributed by atoms with Crippen LogP contribution >= 0.6 is 22.9 Å². The van der Waals surface area contributed by atoms with Crippen LogP contribution in [-0.2, 0) is 26.0 Å². The topological polar surface area (TPSA) is 48.5 Å². The van der Waals surface area contributed by atoms with E-state index in [0.717, 1.165) is 71.7 Å². The van der Waals surface area contributed by atoms with Crippen molar-refractivity contribution in [3.8, 4) is 16.9 Å². The Hall–Kier alpha value is -4.13. The Morgan fingerprint density at radius 1 is 0.927 bits per heavy atom. The monoisotopic (exact) mass is 577 g/mol. The van der Waals surface area contributed by atoms with E-state index in [1.165, 1.54) is 16.9 Å². The zero-order chi connectivity index (χ0) is 27.8. The summed E-state index contributed by atoms with van der Waals surface area (Å²) < 4.78 is 10.6. The first kappa shape index (κ1) is 25.8. The highest BCUT2D eigenvalue weighted by Crippen LogP contribution is 2.38. The molecule has 0 amide bonds. The first-order valence-corrected chi connectivity index (χ1v) is 15.1. The van der Waals surface area contributed by atoms with Gasteiger partial charge in [0.2, 0.25) is 5.78 Å². The van der Waals surface area contributed by atoms with Crippen molar-refractivity contribution in [2.45, 2.75) is 38.8 Å². The number of thiophene rings is 1. The van der Waals surface area contributed by atoms with Crippen molar-refractivity contribution < 1.29 is 9.53 Å². The van der Waals surface area contributed by atoms with Gasteiger partial charge in [-0.1, -0.05) is 78.3 Å². The molecule has 7 heteroatoms. The summed E-state index contributed by atoms with van der Waals surface area (Å²) in [6.45, 7) is 1.15. The lowest BCUT2D eigenvalue weighted by atomic mass is 9.96. The summed E-state index contributed by atoms with van der Waals surface area (Å²) >= 11 is 7.69. The van der Waals surface area contributed by atoms with Crippen molar-refractivity contribution >= 4 is 34.4 Å². The van der Waals surface area contributed by atoms with E-state index >= 15 is 0 Å². The molecular weight excluding hydrogens is 550 g/mol. The van der Waals surface area contributed by atoms with Gasteiger partial charge in [-0.25, -0.2) is 4.52 Å². The second-order valence-corrected chi connectivity index (χ2v) is 11.7. The third kappa shape index (κ3) is 4.88. The predicted octanol–water partition coefficient (Wildman–Crippen LogP) is 8.25. The first-order chi connectivity index (χ1) is 20.2. The van der Waals surface area contributed by atoms with Crippen molar-refractivity contribution in [2.75, 3.05) is 0 Å². The Kier molecular flexibility index (Phi) is 6.95. The third-order valence-corrected chi connectivity index (χ3v) is 8.84. The summed E-state index contributed by atoms with van der Waals surface area (Å²) in [5.74, 6) is 1.65. The number of para-hydroxylation sites is 1. The van der Waals surface area contributed by atoms with Gasteiger partial charge in [0.1, 0.15) is 23.7 Å². The minimum absolute atomic E-state index is 0.0166. The van der Waals surface area contributed by atoms with E-state index in [9.17, 15) is 4.79 Å². The number of benzene rings is 3. The Morgan fingerprint density at radius 2 is 1.73 bits per heavy atom. The highest BCUT2D eigenvalue weighted by atomic mass is 35.5. The lowest BCUT2D eigenvalue weighted by Gasteiger charge is -2.12. The van der Waals surface area contributed by atoms with Gasteiger partial charge in [-0.05, 0) is 65.6 Å². The summed E-state index contributed by atoms with van der Waals surface area (Å²) in [7, 11) is 0. The molecule has 204 valence electrons. The molecule has 3 aromatic carbocycles.